The molecule has 5 heterocycles. The Morgan fingerprint density at radius 2 is 1.79 bits per heavy atom. The maximum absolute atomic E-state index is 11.0. The summed E-state index contributed by atoms with van der Waals surface area (Å²) < 4.78 is 18.7. The SMILES string of the molecule is O[C@@H]1[C@H]2OC3(CCCCC3)O[C@H]2O[C@@H]1CN1CCCC1Nc1nccc(N2CCCCCC2)n1. The largest absolute Gasteiger partial charge is 0.387 e. The van der Waals surface area contributed by atoms with E-state index in [9.17, 15) is 5.11 Å². The van der Waals surface area contributed by atoms with Crippen molar-refractivity contribution < 1.29 is 19.3 Å². The number of aliphatic hydroxyl groups excluding tert-OH is 1. The fourth-order valence-electron chi connectivity index (χ4n) is 6.37. The van der Waals surface area contributed by atoms with Crippen LogP contribution in [0.3, 0.4) is 0 Å². The predicted octanol–water partition coefficient (Wildman–Crippen LogP) is 2.85. The van der Waals surface area contributed by atoms with Gasteiger partial charge in [0.1, 0.15) is 24.1 Å². The van der Waals surface area contributed by atoms with E-state index >= 15 is 0 Å². The molecule has 5 aliphatic rings. The van der Waals surface area contributed by atoms with Crippen LogP contribution in [0.15, 0.2) is 12.3 Å². The maximum atomic E-state index is 11.0. The molecule has 5 atom stereocenters. The predicted molar refractivity (Wildman–Crippen MR) is 127 cm³/mol. The van der Waals surface area contributed by atoms with E-state index in [2.05, 4.69) is 20.1 Å². The van der Waals surface area contributed by atoms with Crippen molar-refractivity contribution in [2.45, 2.75) is 107 Å². The van der Waals surface area contributed by atoms with Crippen LogP contribution in [0.5, 0.6) is 0 Å². The normalized spacial score (nSPS) is 36.0. The molecule has 9 heteroatoms. The molecule has 1 saturated carbocycles. The third-order valence-corrected chi connectivity index (χ3v) is 8.24. The zero-order valence-electron chi connectivity index (χ0n) is 20.1. The van der Waals surface area contributed by atoms with Crippen LogP contribution >= 0.6 is 0 Å². The second kappa shape index (κ2) is 9.85. The van der Waals surface area contributed by atoms with E-state index in [4.69, 9.17) is 19.2 Å². The van der Waals surface area contributed by atoms with Crippen molar-refractivity contribution in [1.29, 1.82) is 0 Å². The Labute approximate surface area is 202 Å². The van der Waals surface area contributed by atoms with Crippen molar-refractivity contribution in [3.05, 3.63) is 12.3 Å². The van der Waals surface area contributed by atoms with Crippen LogP contribution in [-0.2, 0) is 14.2 Å². The van der Waals surface area contributed by atoms with Crippen molar-refractivity contribution >= 4 is 11.8 Å². The summed E-state index contributed by atoms with van der Waals surface area (Å²) in [6.45, 7) is 3.72. The zero-order valence-corrected chi connectivity index (χ0v) is 20.1. The second-order valence-corrected chi connectivity index (χ2v) is 10.6. The van der Waals surface area contributed by atoms with Crippen LogP contribution in [0, 0.1) is 0 Å². The van der Waals surface area contributed by atoms with E-state index in [-0.39, 0.29) is 18.4 Å². The molecule has 5 fully saturated rings. The van der Waals surface area contributed by atoms with Crippen molar-refractivity contribution in [3.8, 4) is 0 Å². The molecule has 0 aromatic carbocycles. The smallest absolute Gasteiger partial charge is 0.225 e. The van der Waals surface area contributed by atoms with E-state index < -0.39 is 18.2 Å². The van der Waals surface area contributed by atoms with E-state index in [1.807, 2.05) is 12.3 Å². The van der Waals surface area contributed by atoms with Gasteiger partial charge in [-0.3, -0.25) is 4.90 Å². The molecule has 1 spiro atoms. The fourth-order valence-corrected chi connectivity index (χ4v) is 6.37. The molecule has 0 amide bonds. The molecule has 1 aromatic rings. The molecule has 9 nitrogen and oxygen atoms in total. The van der Waals surface area contributed by atoms with E-state index in [1.165, 1.54) is 32.1 Å². The van der Waals surface area contributed by atoms with Gasteiger partial charge in [-0.15, -0.1) is 0 Å². The van der Waals surface area contributed by atoms with Gasteiger partial charge in [0.15, 0.2) is 12.1 Å². The lowest BCUT2D eigenvalue weighted by molar-refractivity contribution is -0.246. The Hall–Kier alpha value is -1.52. The zero-order chi connectivity index (χ0) is 23.0. The van der Waals surface area contributed by atoms with Gasteiger partial charge in [-0.25, -0.2) is 4.98 Å². The number of aliphatic hydroxyl groups is 1. The molecule has 0 radical (unpaired) electrons. The summed E-state index contributed by atoms with van der Waals surface area (Å²) in [5.74, 6) is 1.15. The molecule has 1 aromatic heterocycles. The summed E-state index contributed by atoms with van der Waals surface area (Å²) in [7, 11) is 0. The Bertz CT molecular complexity index is 829. The molecule has 4 aliphatic heterocycles. The minimum atomic E-state index is -0.671. The van der Waals surface area contributed by atoms with Crippen LogP contribution in [0.4, 0.5) is 11.8 Å². The molecule has 2 N–H and O–H groups in total. The monoisotopic (exact) mass is 473 g/mol. The topological polar surface area (TPSA) is 92.2 Å². The molecule has 0 bridgehead atoms. The summed E-state index contributed by atoms with van der Waals surface area (Å²) in [5, 5.41) is 14.6. The molecular formula is C25H39N5O4. The van der Waals surface area contributed by atoms with E-state index in [1.54, 1.807) is 0 Å². The first-order chi connectivity index (χ1) is 16.7. The molecule has 1 unspecified atom stereocenters. The molecule has 34 heavy (non-hydrogen) atoms. The van der Waals surface area contributed by atoms with Gasteiger partial charge in [0, 0.05) is 45.2 Å². The Balaban J connectivity index is 1.06. The highest BCUT2D eigenvalue weighted by Gasteiger charge is 2.57. The average Bonchev–Trinajstić information content (AvgIpc) is 3.41. The number of likely N-dealkylation sites (tertiary alicyclic amines) is 1. The fraction of sp³-hybridized carbons (Fsp3) is 0.840. The highest BCUT2D eigenvalue weighted by molar-refractivity contribution is 5.43. The number of fused-ring (bicyclic) bond motifs is 1. The van der Waals surface area contributed by atoms with Gasteiger partial charge >= 0.3 is 0 Å². The highest BCUT2D eigenvalue weighted by atomic mass is 16.8. The van der Waals surface area contributed by atoms with Crippen molar-refractivity contribution in [2.75, 3.05) is 36.4 Å². The van der Waals surface area contributed by atoms with Crippen molar-refractivity contribution in [2.24, 2.45) is 0 Å². The standard InChI is InChI=1S/C25H39N5O4/c31-21-18(32-23-22(21)33-25(34-23)11-4-3-5-12-25)17-30-16-8-9-19(30)27-24-26-13-10-20(28-24)29-14-6-1-2-7-15-29/h10,13,18-19,21-23,31H,1-9,11-12,14-17H2,(H,26,27,28)/t18-,19?,21+,22-,23-/m1/s1. The maximum Gasteiger partial charge on any atom is 0.225 e. The first kappa shape index (κ1) is 22.9. The van der Waals surface area contributed by atoms with Gasteiger partial charge in [0.05, 0.1) is 6.17 Å². The van der Waals surface area contributed by atoms with Gasteiger partial charge in [0.25, 0.3) is 0 Å². The third-order valence-electron chi connectivity index (χ3n) is 8.24. The van der Waals surface area contributed by atoms with Crippen LogP contribution in [-0.4, -0.2) is 82.7 Å². The quantitative estimate of drug-likeness (QED) is 0.670. The lowest BCUT2D eigenvalue weighted by Crippen LogP contribution is -2.46. The van der Waals surface area contributed by atoms with Gasteiger partial charge in [-0.05, 0) is 44.6 Å². The number of nitrogens with one attached hydrogen (secondary N) is 1. The average molecular weight is 474 g/mol. The van der Waals surface area contributed by atoms with Crippen LogP contribution in [0.25, 0.3) is 0 Å². The van der Waals surface area contributed by atoms with E-state index in [0.717, 1.165) is 64.0 Å². The van der Waals surface area contributed by atoms with Crippen molar-refractivity contribution in [1.82, 2.24) is 14.9 Å². The molecular weight excluding hydrogens is 434 g/mol. The van der Waals surface area contributed by atoms with Crippen LogP contribution in [0.2, 0.25) is 0 Å². The van der Waals surface area contributed by atoms with Gasteiger partial charge in [-0.1, -0.05) is 19.3 Å². The second-order valence-electron chi connectivity index (χ2n) is 10.6. The summed E-state index contributed by atoms with van der Waals surface area (Å²) >= 11 is 0. The summed E-state index contributed by atoms with van der Waals surface area (Å²) in [6.07, 6.45) is 12.6. The summed E-state index contributed by atoms with van der Waals surface area (Å²) in [4.78, 5) is 14.1. The number of rotatable bonds is 5. The highest BCUT2D eigenvalue weighted by Crippen LogP contribution is 2.45. The molecule has 6 rings (SSSR count). The number of nitrogens with zero attached hydrogens (tertiary/aromatic N) is 4. The number of aromatic nitrogens is 2. The van der Waals surface area contributed by atoms with Gasteiger partial charge in [-0.2, -0.15) is 4.98 Å². The minimum Gasteiger partial charge on any atom is -0.387 e. The molecule has 4 saturated heterocycles. The van der Waals surface area contributed by atoms with Crippen LogP contribution in [0.1, 0.15) is 70.6 Å². The third kappa shape index (κ3) is 4.65. The number of hydrogen-bond donors (Lipinski definition) is 2. The van der Waals surface area contributed by atoms with Crippen LogP contribution < -0.4 is 10.2 Å². The Kier molecular flexibility index (Phi) is 6.64. The van der Waals surface area contributed by atoms with Crippen molar-refractivity contribution in [3.63, 3.8) is 0 Å². The van der Waals surface area contributed by atoms with E-state index in [0.29, 0.717) is 12.5 Å². The minimum absolute atomic E-state index is 0.127. The number of ether oxygens (including phenoxy) is 3. The summed E-state index contributed by atoms with van der Waals surface area (Å²) in [5.41, 5.74) is 0. The first-order valence-corrected chi connectivity index (χ1v) is 13.5. The summed E-state index contributed by atoms with van der Waals surface area (Å²) in [6, 6.07) is 2.02. The molecule has 188 valence electrons. The lowest BCUT2D eigenvalue weighted by Gasteiger charge is -2.34. The Morgan fingerprint density at radius 1 is 1.00 bits per heavy atom. The van der Waals surface area contributed by atoms with Gasteiger partial charge in [0.2, 0.25) is 5.95 Å². The van der Waals surface area contributed by atoms with Gasteiger partial charge < -0.3 is 29.5 Å². The number of anilines is 2. The first-order valence-electron chi connectivity index (χ1n) is 13.5. The number of hydrogen-bond acceptors (Lipinski definition) is 9. The Morgan fingerprint density at radius 3 is 2.59 bits per heavy atom. The lowest BCUT2D eigenvalue weighted by atomic mass is 9.94. The molecule has 1 aliphatic carbocycles.